The summed E-state index contributed by atoms with van der Waals surface area (Å²) in [5.41, 5.74) is 1.15. The zero-order valence-electron chi connectivity index (χ0n) is 13.7. The minimum Gasteiger partial charge on any atom is -0.357 e. The van der Waals surface area contributed by atoms with Gasteiger partial charge in [0.1, 0.15) is 0 Å². The quantitative estimate of drug-likeness (QED) is 0.371. The largest absolute Gasteiger partial charge is 0.357 e. The molecule has 0 aliphatic rings. The van der Waals surface area contributed by atoms with E-state index in [9.17, 15) is 0 Å². The monoisotopic (exact) mass is 438 g/mol. The Morgan fingerprint density at radius 1 is 1.09 bits per heavy atom. The van der Waals surface area contributed by atoms with Crippen molar-refractivity contribution in [1.29, 1.82) is 0 Å². The highest BCUT2D eigenvalue weighted by molar-refractivity contribution is 14.0. The SMILES string of the molecule is CCNC(=NCc1ccc(Cl)cc1)NCCN(CC)CC.I. The van der Waals surface area contributed by atoms with Crippen molar-refractivity contribution < 1.29 is 0 Å². The van der Waals surface area contributed by atoms with Gasteiger partial charge in [-0.15, -0.1) is 24.0 Å². The van der Waals surface area contributed by atoms with Crippen LogP contribution in [0.1, 0.15) is 26.3 Å². The molecule has 1 aromatic rings. The molecule has 4 nitrogen and oxygen atoms in total. The molecule has 0 aliphatic carbocycles. The Hall–Kier alpha value is -0.530. The summed E-state index contributed by atoms with van der Waals surface area (Å²) >= 11 is 5.88. The highest BCUT2D eigenvalue weighted by Gasteiger charge is 2.01. The number of halogens is 2. The molecule has 0 saturated carbocycles. The van der Waals surface area contributed by atoms with E-state index in [1.807, 2.05) is 24.3 Å². The first-order valence-electron chi connectivity index (χ1n) is 7.68. The number of guanidine groups is 1. The standard InChI is InChI=1S/C16H27ClN4.HI/c1-4-18-16(19-11-12-21(5-2)6-3)20-13-14-7-9-15(17)10-8-14;/h7-10H,4-6,11-13H2,1-3H3,(H2,18,19,20);1H. The van der Waals surface area contributed by atoms with Gasteiger partial charge in [0.15, 0.2) is 5.96 Å². The second-order valence-electron chi connectivity index (χ2n) is 4.78. The topological polar surface area (TPSA) is 39.7 Å². The summed E-state index contributed by atoms with van der Waals surface area (Å²) in [5.74, 6) is 0.861. The smallest absolute Gasteiger partial charge is 0.191 e. The lowest BCUT2D eigenvalue weighted by Crippen LogP contribution is -2.41. The summed E-state index contributed by atoms with van der Waals surface area (Å²) < 4.78 is 0. The molecule has 0 fully saturated rings. The number of likely N-dealkylation sites (N-methyl/N-ethyl adjacent to an activating group) is 1. The molecule has 1 rings (SSSR count). The van der Waals surface area contributed by atoms with Crippen LogP contribution in [0.5, 0.6) is 0 Å². The van der Waals surface area contributed by atoms with E-state index in [1.54, 1.807) is 0 Å². The molecule has 0 unspecified atom stereocenters. The number of nitrogens with zero attached hydrogens (tertiary/aromatic N) is 2. The molecule has 1 aromatic carbocycles. The van der Waals surface area contributed by atoms with Crippen molar-refractivity contribution in [1.82, 2.24) is 15.5 Å². The van der Waals surface area contributed by atoms with Gasteiger partial charge in [-0.25, -0.2) is 4.99 Å². The first-order valence-corrected chi connectivity index (χ1v) is 8.06. The maximum atomic E-state index is 5.88. The maximum absolute atomic E-state index is 5.88. The van der Waals surface area contributed by atoms with Crippen LogP contribution in [-0.4, -0.2) is 43.6 Å². The molecule has 0 amide bonds. The van der Waals surface area contributed by atoms with Crippen LogP contribution in [0, 0.1) is 0 Å². The Labute approximate surface area is 156 Å². The summed E-state index contributed by atoms with van der Waals surface area (Å²) in [6, 6.07) is 7.80. The summed E-state index contributed by atoms with van der Waals surface area (Å²) in [4.78, 5) is 6.98. The van der Waals surface area contributed by atoms with Gasteiger partial charge < -0.3 is 15.5 Å². The predicted molar refractivity (Wildman–Crippen MR) is 107 cm³/mol. The van der Waals surface area contributed by atoms with Crippen molar-refractivity contribution in [2.24, 2.45) is 4.99 Å². The zero-order chi connectivity index (χ0) is 15.5. The van der Waals surface area contributed by atoms with Crippen molar-refractivity contribution >= 4 is 41.5 Å². The van der Waals surface area contributed by atoms with Crippen LogP contribution in [0.4, 0.5) is 0 Å². The number of hydrogen-bond donors (Lipinski definition) is 2. The molecule has 0 radical (unpaired) electrons. The van der Waals surface area contributed by atoms with Crippen LogP contribution in [0.3, 0.4) is 0 Å². The molecule has 0 aromatic heterocycles. The van der Waals surface area contributed by atoms with Gasteiger partial charge in [0.05, 0.1) is 6.54 Å². The summed E-state index contributed by atoms with van der Waals surface area (Å²) in [5, 5.41) is 7.40. The zero-order valence-corrected chi connectivity index (χ0v) is 16.8. The molecular formula is C16H28ClIN4. The number of rotatable bonds is 8. The molecule has 22 heavy (non-hydrogen) atoms. The highest BCUT2D eigenvalue weighted by atomic mass is 127. The second kappa shape index (κ2) is 13.0. The fraction of sp³-hybridized carbons (Fsp3) is 0.562. The Morgan fingerprint density at radius 3 is 2.27 bits per heavy atom. The Morgan fingerprint density at radius 2 is 1.73 bits per heavy atom. The van der Waals surface area contributed by atoms with Crippen LogP contribution in [0.15, 0.2) is 29.3 Å². The second-order valence-corrected chi connectivity index (χ2v) is 5.21. The Kier molecular flexibility index (Phi) is 12.6. The fourth-order valence-electron chi connectivity index (χ4n) is 1.97. The Balaban J connectivity index is 0.00000441. The summed E-state index contributed by atoms with van der Waals surface area (Å²) in [6.07, 6.45) is 0. The number of benzene rings is 1. The lowest BCUT2D eigenvalue weighted by atomic mass is 10.2. The summed E-state index contributed by atoms with van der Waals surface area (Å²) in [6.45, 7) is 12.0. The van der Waals surface area contributed by atoms with Crippen molar-refractivity contribution in [3.8, 4) is 0 Å². The van der Waals surface area contributed by atoms with Gasteiger partial charge in [-0.1, -0.05) is 37.6 Å². The maximum Gasteiger partial charge on any atom is 0.191 e. The Bertz CT molecular complexity index is 419. The first kappa shape index (κ1) is 21.5. The fourth-order valence-corrected chi connectivity index (χ4v) is 2.10. The van der Waals surface area contributed by atoms with Crippen molar-refractivity contribution in [2.75, 3.05) is 32.7 Å². The minimum atomic E-state index is 0. The van der Waals surface area contributed by atoms with Gasteiger partial charge >= 0.3 is 0 Å². The third-order valence-electron chi connectivity index (χ3n) is 3.29. The van der Waals surface area contributed by atoms with E-state index in [0.717, 1.165) is 49.3 Å². The molecule has 0 saturated heterocycles. The van der Waals surface area contributed by atoms with Crippen LogP contribution >= 0.6 is 35.6 Å². The predicted octanol–water partition coefficient (Wildman–Crippen LogP) is 3.35. The molecule has 126 valence electrons. The number of aliphatic imine (C=N–C) groups is 1. The number of nitrogens with one attached hydrogen (secondary N) is 2. The van der Waals surface area contributed by atoms with Crippen molar-refractivity contribution in [3.63, 3.8) is 0 Å². The van der Waals surface area contributed by atoms with Crippen molar-refractivity contribution in [2.45, 2.75) is 27.3 Å². The molecule has 0 atom stereocenters. The van der Waals surface area contributed by atoms with Crippen LogP contribution in [0.2, 0.25) is 5.02 Å². The molecule has 0 spiro atoms. The van der Waals surface area contributed by atoms with E-state index in [0.29, 0.717) is 6.54 Å². The van der Waals surface area contributed by atoms with E-state index >= 15 is 0 Å². The highest BCUT2D eigenvalue weighted by Crippen LogP contribution is 2.09. The molecule has 0 heterocycles. The third-order valence-corrected chi connectivity index (χ3v) is 3.54. The number of hydrogen-bond acceptors (Lipinski definition) is 2. The van der Waals surface area contributed by atoms with E-state index in [1.165, 1.54) is 0 Å². The lowest BCUT2D eigenvalue weighted by molar-refractivity contribution is 0.308. The third kappa shape index (κ3) is 8.80. The first-order chi connectivity index (χ1) is 10.2. The van der Waals surface area contributed by atoms with Gasteiger partial charge in [-0.05, 0) is 37.7 Å². The van der Waals surface area contributed by atoms with Crippen LogP contribution in [-0.2, 0) is 6.54 Å². The lowest BCUT2D eigenvalue weighted by Gasteiger charge is -2.19. The minimum absolute atomic E-state index is 0. The van der Waals surface area contributed by atoms with Crippen molar-refractivity contribution in [3.05, 3.63) is 34.9 Å². The van der Waals surface area contributed by atoms with E-state index < -0.39 is 0 Å². The summed E-state index contributed by atoms with van der Waals surface area (Å²) in [7, 11) is 0. The molecule has 6 heteroatoms. The molecule has 2 N–H and O–H groups in total. The van der Waals surface area contributed by atoms with E-state index in [-0.39, 0.29) is 24.0 Å². The average Bonchev–Trinajstić information content (AvgIpc) is 2.50. The van der Waals surface area contributed by atoms with Gasteiger partial charge in [0.2, 0.25) is 0 Å². The van der Waals surface area contributed by atoms with Crippen LogP contribution < -0.4 is 10.6 Å². The van der Waals surface area contributed by atoms with E-state index in [2.05, 4.69) is 41.3 Å². The molecular weight excluding hydrogens is 411 g/mol. The molecule has 0 bridgehead atoms. The van der Waals surface area contributed by atoms with Gasteiger partial charge in [-0.2, -0.15) is 0 Å². The van der Waals surface area contributed by atoms with Gasteiger partial charge in [-0.3, -0.25) is 0 Å². The van der Waals surface area contributed by atoms with Gasteiger partial charge in [0, 0.05) is 24.7 Å². The van der Waals surface area contributed by atoms with Gasteiger partial charge in [0.25, 0.3) is 0 Å². The molecule has 0 aliphatic heterocycles. The van der Waals surface area contributed by atoms with Crippen LogP contribution in [0.25, 0.3) is 0 Å². The van der Waals surface area contributed by atoms with E-state index in [4.69, 9.17) is 11.6 Å². The normalized spacial score (nSPS) is 11.2. The average molecular weight is 439 g/mol.